The summed E-state index contributed by atoms with van der Waals surface area (Å²) in [6.45, 7) is 3.05. The highest BCUT2D eigenvalue weighted by atomic mass is 16.1. The summed E-state index contributed by atoms with van der Waals surface area (Å²) in [6, 6.07) is 0.105. The number of primary amides is 1. The van der Waals surface area contributed by atoms with Crippen molar-refractivity contribution in [3.8, 4) is 5.82 Å². The molecule has 0 unspecified atom stereocenters. The van der Waals surface area contributed by atoms with Crippen LogP contribution in [0.3, 0.4) is 0 Å². The highest BCUT2D eigenvalue weighted by Crippen LogP contribution is 2.30. The van der Waals surface area contributed by atoms with Crippen LogP contribution in [0.1, 0.15) is 30.4 Å². The summed E-state index contributed by atoms with van der Waals surface area (Å²) in [5.74, 6) is 1.30. The van der Waals surface area contributed by atoms with Crippen molar-refractivity contribution in [1.29, 1.82) is 0 Å². The normalized spacial score (nSPS) is 19.0. The first-order chi connectivity index (χ1) is 10.1. The molecule has 0 spiro atoms. The van der Waals surface area contributed by atoms with Crippen LogP contribution in [-0.4, -0.2) is 43.4 Å². The van der Waals surface area contributed by atoms with Crippen LogP contribution in [0.2, 0.25) is 0 Å². The molecule has 1 saturated heterocycles. The maximum absolute atomic E-state index is 11.2. The molecule has 1 fully saturated rings. The van der Waals surface area contributed by atoms with Crippen molar-refractivity contribution in [3.05, 3.63) is 36.3 Å². The van der Waals surface area contributed by atoms with Gasteiger partial charge in [-0.1, -0.05) is 0 Å². The minimum atomic E-state index is -0.309. The van der Waals surface area contributed by atoms with Gasteiger partial charge in [-0.25, -0.2) is 9.97 Å². The van der Waals surface area contributed by atoms with E-state index in [0.29, 0.717) is 0 Å². The fourth-order valence-corrected chi connectivity index (χ4v) is 2.82. The van der Waals surface area contributed by atoms with Crippen LogP contribution in [0.4, 0.5) is 0 Å². The van der Waals surface area contributed by atoms with Crippen LogP contribution in [-0.2, 0) is 4.79 Å². The van der Waals surface area contributed by atoms with Crippen LogP contribution >= 0.6 is 0 Å². The number of aryl methyl sites for hydroxylation is 1. The molecule has 7 nitrogen and oxygen atoms in total. The van der Waals surface area contributed by atoms with Crippen LogP contribution in [0.5, 0.6) is 0 Å². The second kappa shape index (κ2) is 5.61. The van der Waals surface area contributed by atoms with Gasteiger partial charge in [0.25, 0.3) is 0 Å². The molecule has 21 heavy (non-hydrogen) atoms. The first-order valence-electron chi connectivity index (χ1n) is 7.00. The summed E-state index contributed by atoms with van der Waals surface area (Å²) >= 11 is 0. The van der Waals surface area contributed by atoms with E-state index < -0.39 is 0 Å². The number of rotatable bonds is 4. The topological polar surface area (TPSA) is 89.9 Å². The zero-order valence-electron chi connectivity index (χ0n) is 11.9. The van der Waals surface area contributed by atoms with E-state index in [9.17, 15) is 4.79 Å². The van der Waals surface area contributed by atoms with E-state index >= 15 is 0 Å². The summed E-state index contributed by atoms with van der Waals surface area (Å²) in [5.41, 5.74) is 6.18. The summed E-state index contributed by atoms with van der Waals surface area (Å²) in [4.78, 5) is 26.4. The highest BCUT2D eigenvalue weighted by Gasteiger charge is 2.28. The van der Waals surface area contributed by atoms with E-state index in [0.717, 1.165) is 36.7 Å². The quantitative estimate of drug-likeness (QED) is 0.888. The summed E-state index contributed by atoms with van der Waals surface area (Å²) in [5, 5.41) is 0. The van der Waals surface area contributed by atoms with Gasteiger partial charge in [0.2, 0.25) is 5.91 Å². The fourth-order valence-electron chi connectivity index (χ4n) is 2.82. The molecular weight excluding hydrogens is 268 g/mol. The minimum Gasteiger partial charge on any atom is -0.369 e. The molecule has 0 aliphatic carbocycles. The molecule has 1 atom stereocenters. The smallest absolute Gasteiger partial charge is 0.231 e. The SMILES string of the molecule is Cc1nccn1-c1cncc([C@H]2CCCN2CC(N)=O)n1. The summed E-state index contributed by atoms with van der Waals surface area (Å²) in [6.07, 6.45) is 9.07. The Kier molecular flexibility index (Phi) is 3.66. The average Bonchev–Trinajstić information content (AvgIpc) is 3.07. The number of hydrogen-bond acceptors (Lipinski definition) is 5. The Bertz CT molecular complexity index is 652. The van der Waals surface area contributed by atoms with Crippen LogP contribution in [0.25, 0.3) is 5.82 Å². The lowest BCUT2D eigenvalue weighted by atomic mass is 10.1. The van der Waals surface area contributed by atoms with Crippen LogP contribution < -0.4 is 5.73 Å². The Labute approximate surface area is 122 Å². The van der Waals surface area contributed by atoms with Crippen LogP contribution in [0.15, 0.2) is 24.8 Å². The number of likely N-dealkylation sites (tertiary alicyclic amines) is 1. The molecule has 2 aromatic rings. The number of hydrogen-bond donors (Lipinski definition) is 1. The van der Waals surface area contributed by atoms with Crippen molar-refractivity contribution in [3.63, 3.8) is 0 Å². The van der Waals surface area contributed by atoms with Crippen molar-refractivity contribution in [1.82, 2.24) is 24.4 Å². The number of nitrogens with two attached hydrogens (primary N) is 1. The minimum absolute atomic E-state index is 0.105. The lowest BCUT2D eigenvalue weighted by Gasteiger charge is -2.22. The van der Waals surface area contributed by atoms with Gasteiger partial charge in [0, 0.05) is 12.4 Å². The largest absolute Gasteiger partial charge is 0.369 e. The first kappa shape index (κ1) is 13.7. The third kappa shape index (κ3) is 2.78. The van der Waals surface area contributed by atoms with Gasteiger partial charge < -0.3 is 5.73 Å². The van der Waals surface area contributed by atoms with E-state index in [-0.39, 0.29) is 18.5 Å². The molecular formula is C14H18N6O. The van der Waals surface area contributed by atoms with Gasteiger partial charge in [-0.05, 0) is 26.3 Å². The van der Waals surface area contributed by atoms with Gasteiger partial charge in [0.15, 0.2) is 5.82 Å². The number of amides is 1. The number of carbonyl (C=O) groups excluding carboxylic acids is 1. The third-order valence-electron chi connectivity index (χ3n) is 3.78. The van der Waals surface area contributed by atoms with Gasteiger partial charge in [0.05, 0.1) is 30.7 Å². The molecule has 3 rings (SSSR count). The molecule has 1 amide bonds. The second-order valence-corrected chi connectivity index (χ2v) is 5.24. The Morgan fingerprint density at radius 3 is 3.05 bits per heavy atom. The summed E-state index contributed by atoms with van der Waals surface area (Å²) in [7, 11) is 0. The van der Waals surface area contributed by atoms with Crippen molar-refractivity contribution in [2.24, 2.45) is 5.73 Å². The number of aromatic nitrogens is 4. The molecule has 3 heterocycles. The Balaban J connectivity index is 1.89. The molecule has 1 aliphatic heterocycles. The van der Waals surface area contributed by atoms with E-state index in [2.05, 4.69) is 19.9 Å². The molecule has 0 saturated carbocycles. The van der Waals surface area contributed by atoms with Crippen LogP contribution in [0, 0.1) is 6.92 Å². The van der Waals surface area contributed by atoms with E-state index in [4.69, 9.17) is 5.73 Å². The Hall–Kier alpha value is -2.28. The van der Waals surface area contributed by atoms with Crippen molar-refractivity contribution < 1.29 is 4.79 Å². The Morgan fingerprint density at radius 1 is 1.48 bits per heavy atom. The third-order valence-corrected chi connectivity index (χ3v) is 3.78. The zero-order chi connectivity index (χ0) is 14.8. The molecule has 1 aliphatic rings. The molecule has 2 N–H and O–H groups in total. The maximum Gasteiger partial charge on any atom is 0.231 e. The average molecular weight is 286 g/mol. The van der Waals surface area contributed by atoms with Crippen molar-refractivity contribution in [2.45, 2.75) is 25.8 Å². The number of imidazole rings is 1. The molecule has 2 aromatic heterocycles. The van der Waals surface area contributed by atoms with E-state index in [1.165, 1.54) is 0 Å². The standard InChI is InChI=1S/C14H18N6O/c1-10-17-4-6-20(10)14-8-16-7-11(18-14)12-3-2-5-19(12)9-13(15)21/h4,6-8,12H,2-3,5,9H2,1H3,(H2,15,21)/t12-/m1/s1. The maximum atomic E-state index is 11.2. The van der Waals surface area contributed by atoms with Gasteiger partial charge in [-0.15, -0.1) is 0 Å². The predicted molar refractivity (Wildman–Crippen MR) is 76.6 cm³/mol. The van der Waals surface area contributed by atoms with Gasteiger partial charge in [-0.3, -0.25) is 19.2 Å². The monoisotopic (exact) mass is 286 g/mol. The summed E-state index contributed by atoms with van der Waals surface area (Å²) < 4.78 is 1.89. The van der Waals surface area contributed by atoms with Gasteiger partial charge >= 0.3 is 0 Å². The number of carbonyl (C=O) groups is 1. The highest BCUT2D eigenvalue weighted by molar-refractivity contribution is 5.76. The molecule has 0 radical (unpaired) electrons. The second-order valence-electron chi connectivity index (χ2n) is 5.24. The first-order valence-corrected chi connectivity index (χ1v) is 7.00. The number of nitrogens with zero attached hydrogens (tertiary/aromatic N) is 5. The molecule has 0 bridgehead atoms. The zero-order valence-corrected chi connectivity index (χ0v) is 11.9. The van der Waals surface area contributed by atoms with Gasteiger partial charge in [0.1, 0.15) is 5.82 Å². The molecule has 0 aromatic carbocycles. The van der Waals surface area contributed by atoms with Crippen molar-refractivity contribution >= 4 is 5.91 Å². The van der Waals surface area contributed by atoms with E-state index in [1.54, 1.807) is 18.6 Å². The lowest BCUT2D eigenvalue weighted by Crippen LogP contribution is -2.33. The molecule has 7 heteroatoms. The van der Waals surface area contributed by atoms with Crippen molar-refractivity contribution in [2.75, 3.05) is 13.1 Å². The Morgan fingerprint density at radius 2 is 2.33 bits per heavy atom. The predicted octanol–water partition coefficient (Wildman–Crippen LogP) is 0.593. The lowest BCUT2D eigenvalue weighted by molar-refractivity contribution is -0.119. The van der Waals surface area contributed by atoms with E-state index in [1.807, 2.05) is 17.7 Å². The van der Waals surface area contributed by atoms with Gasteiger partial charge in [-0.2, -0.15) is 0 Å². The molecule has 110 valence electrons. The fraction of sp³-hybridized carbons (Fsp3) is 0.429.